The van der Waals surface area contributed by atoms with E-state index in [0.29, 0.717) is 11.8 Å². The quantitative estimate of drug-likeness (QED) is 0.871. The van der Waals surface area contributed by atoms with E-state index in [4.69, 9.17) is 4.74 Å². The van der Waals surface area contributed by atoms with E-state index in [2.05, 4.69) is 26.0 Å². The van der Waals surface area contributed by atoms with Crippen molar-refractivity contribution >= 4 is 0 Å². The number of aliphatic hydroxyl groups excluding tert-OH is 1. The average Bonchev–Trinajstić information content (AvgIpc) is 2.61. The molecule has 2 rings (SSSR count). The Morgan fingerprint density at radius 2 is 2.12 bits per heavy atom. The summed E-state index contributed by atoms with van der Waals surface area (Å²) in [6, 6.07) is 6.33. The van der Waals surface area contributed by atoms with Crippen LogP contribution in [0.15, 0.2) is 18.2 Å². The molecule has 1 saturated carbocycles. The van der Waals surface area contributed by atoms with Crippen molar-refractivity contribution in [3.8, 4) is 5.75 Å². The third-order valence-corrected chi connectivity index (χ3v) is 4.10. The van der Waals surface area contributed by atoms with Crippen LogP contribution in [0, 0.1) is 18.8 Å². The first kappa shape index (κ1) is 12.4. The second-order valence-corrected chi connectivity index (χ2v) is 5.28. The van der Waals surface area contributed by atoms with Crippen LogP contribution >= 0.6 is 0 Å². The van der Waals surface area contributed by atoms with Crippen molar-refractivity contribution in [3.05, 3.63) is 29.3 Å². The Bertz CT molecular complexity index is 387. The van der Waals surface area contributed by atoms with Gasteiger partial charge < -0.3 is 9.84 Å². The zero-order chi connectivity index (χ0) is 12.4. The maximum absolute atomic E-state index is 9.80. The first-order chi connectivity index (χ1) is 8.11. The fourth-order valence-corrected chi connectivity index (χ4v) is 2.86. The first-order valence-electron chi connectivity index (χ1n) is 6.43. The van der Waals surface area contributed by atoms with Gasteiger partial charge in [-0.05, 0) is 49.7 Å². The van der Waals surface area contributed by atoms with Gasteiger partial charge in [-0.3, -0.25) is 0 Å². The summed E-state index contributed by atoms with van der Waals surface area (Å²) >= 11 is 0. The molecule has 1 aliphatic rings. The molecule has 17 heavy (non-hydrogen) atoms. The molecule has 1 N–H and O–H groups in total. The Kier molecular flexibility index (Phi) is 3.72. The number of rotatable bonds is 3. The molecule has 1 aliphatic carbocycles. The van der Waals surface area contributed by atoms with Gasteiger partial charge in [-0.2, -0.15) is 0 Å². The van der Waals surface area contributed by atoms with Crippen molar-refractivity contribution in [1.29, 1.82) is 0 Å². The van der Waals surface area contributed by atoms with E-state index >= 15 is 0 Å². The summed E-state index contributed by atoms with van der Waals surface area (Å²) < 4.78 is 5.41. The molecule has 2 heteroatoms. The van der Waals surface area contributed by atoms with Crippen molar-refractivity contribution in [2.45, 2.75) is 39.2 Å². The highest BCUT2D eigenvalue weighted by molar-refractivity contribution is 5.37. The van der Waals surface area contributed by atoms with Gasteiger partial charge in [0.2, 0.25) is 0 Å². The highest BCUT2D eigenvalue weighted by atomic mass is 16.5. The van der Waals surface area contributed by atoms with E-state index in [1.165, 1.54) is 11.1 Å². The number of aliphatic hydroxyl groups is 1. The zero-order valence-electron chi connectivity index (χ0n) is 10.9. The van der Waals surface area contributed by atoms with Gasteiger partial charge in [-0.25, -0.2) is 0 Å². The third-order valence-electron chi connectivity index (χ3n) is 4.10. The Labute approximate surface area is 104 Å². The lowest BCUT2D eigenvalue weighted by molar-refractivity contribution is 0.127. The SMILES string of the molecule is COc1ccc(C)cc1CC1CCC(O)C1C. The molecule has 94 valence electrons. The lowest BCUT2D eigenvalue weighted by Crippen LogP contribution is -2.17. The Balaban J connectivity index is 2.15. The maximum atomic E-state index is 9.80. The second-order valence-electron chi connectivity index (χ2n) is 5.28. The smallest absolute Gasteiger partial charge is 0.122 e. The van der Waals surface area contributed by atoms with Gasteiger partial charge in [0.05, 0.1) is 13.2 Å². The number of ether oxygens (including phenoxy) is 1. The zero-order valence-corrected chi connectivity index (χ0v) is 10.9. The van der Waals surface area contributed by atoms with Gasteiger partial charge in [0, 0.05) is 0 Å². The van der Waals surface area contributed by atoms with Crippen molar-refractivity contribution in [2.24, 2.45) is 11.8 Å². The first-order valence-corrected chi connectivity index (χ1v) is 6.43. The number of hydrogen-bond donors (Lipinski definition) is 1. The molecule has 0 radical (unpaired) electrons. The third kappa shape index (κ3) is 2.63. The summed E-state index contributed by atoms with van der Waals surface area (Å²) in [4.78, 5) is 0. The van der Waals surface area contributed by atoms with E-state index in [0.717, 1.165) is 25.0 Å². The summed E-state index contributed by atoms with van der Waals surface area (Å²) in [6.07, 6.45) is 2.97. The molecular formula is C15H22O2. The van der Waals surface area contributed by atoms with Gasteiger partial charge in [0.15, 0.2) is 0 Å². The van der Waals surface area contributed by atoms with Crippen LogP contribution in [0.4, 0.5) is 0 Å². The largest absolute Gasteiger partial charge is 0.496 e. The minimum Gasteiger partial charge on any atom is -0.496 e. The van der Waals surface area contributed by atoms with Gasteiger partial charge in [0.1, 0.15) is 5.75 Å². The van der Waals surface area contributed by atoms with Crippen LogP contribution in [0.5, 0.6) is 5.75 Å². The highest BCUT2D eigenvalue weighted by Crippen LogP contribution is 2.36. The Morgan fingerprint density at radius 3 is 2.71 bits per heavy atom. The lowest BCUT2D eigenvalue weighted by Gasteiger charge is -2.19. The second kappa shape index (κ2) is 5.09. The van der Waals surface area contributed by atoms with Gasteiger partial charge >= 0.3 is 0 Å². The Morgan fingerprint density at radius 1 is 1.35 bits per heavy atom. The summed E-state index contributed by atoms with van der Waals surface area (Å²) in [5, 5.41) is 9.80. The highest BCUT2D eigenvalue weighted by Gasteiger charge is 2.31. The molecule has 3 unspecified atom stereocenters. The van der Waals surface area contributed by atoms with Crippen molar-refractivity contribution in [1.82, 2.24) is 0 Å². The molecule has 0 spiro atoms. The van der Waals surface area contributed by atoms with E-state index in [1.807, 2.05) is 6.07 Å². The van der Waals surface area contributed by atoms with Crippen LogP contribution in [0.3, 0.4) is 0 Å². The van der Waals surface area contributed by atoms with Crippen LogP contribution in [0.25, 0.3) is 0 Å². The minimum atomic E-state index is -0.115. The standard InChI is InChI=1S/C15H22O2/c1-10-4-7-15(17-3)13(8-10)9-12-5-6-14(16)11(12)2/h4,7-8,11-12,14,16H,5-6,9H2,1-3H3. The molecule has 0 saturated heterocycles. The number of benzene rings is 1. The predicted octanol–water partition coefficient (Wildman–Crippen LogP) is 2.95. The normalized spacial score (nSPS) is 28.4. The monoisotopic (exact) mass is 234 g/mol. The van der Waals surface area contributed by atoms with E-state index < -0.39 is 0 Å². The molecule has 2 nitrogen and oxygen atoms in total. The fourth-order valence-electron chi connectivity index (χ4n) is 2.86. The average molecular weight is 234 g/mol. The van der Waals surface area contributed by atoms with Crippen LogP contribution in [-0.2, 0) is 6.42 Å². The van der Waals surface area contributed by atoms with E-state index in [1.54, 1.807) is 7.11 Å². The predicted molar refractivity (Wildman–Crippen MR) is 69.3 cm³/mol. The molecule has 1 fully saturated rings. The van der Waals surface area contributed by atoms with Gasteiger partial charge in [0.25, 0.3) is 0 Å². The molecule has 0 amide bonds. The van der Waals surface area contributed by atoms with E-state index in [-0.39, 0.29) is 6.10 Å². The van der Waals surface area contributed by atoms with Crippen LogP contribution < -0.4 is 4.74 Å². The number of methoxy groups -OCH3 is 1. The minimum absolute atomic E-state index is 0.115. The summed E-state index contributed by atoms with van der Waals surface area (Å²) in [5.74, 6) is 1.96. The molecule has 3 atom stereocenters. The molecule has 0 aliphatic heterocycles. The molecule has 0 bridgehead atoms. The molecule has 0 heterocycles. The maximum Gasteiger partial charge on any atom is 0.122 e. The molecule has 0 aromatic heterocycles. The van der Waals surface area contributed by atoms with Crippen LogP contribution in [0.1, 0.15) is 30.9 Å². The van der Waals surface area contributed by atoms with Crippen molar-refractivity contribution < 1.29 is 9.84 Å². The van der Waals surface area contributed by atoms with Crippen LogP contribution in [-0.4, -0.2) is 18.3 Å². The molecule has 1 aromatic carbocycles. The van der Waals surface area contributed by atoms with Crippen LogP contribution in [0.2, 0.25) is 0 Å². The van der Waals surface area contributed by atoms with Crippen molar-refractivity contribution in [2.75, 3.05) is 7.11 Å². The summed E-state index contributed by atoms with van der Waals surface area (Å²) in [6.45, 7) is 4.26. The Hall–Kier alpha value is -1.02. The fraction of sp³-hybridized carbons (Fsp3) is 0.600. The van der Waals surface area contributed by atoms with Gasteiger partial charge in [-0.15, -0.1) is 0 Å². The molecule has 1 aromatic rings. The van der Waals surface area contributed by atoms with Crippen molar-refractivity contribution in [3.63, 3.8) is 0 Å². The summed E-state index contributed by atoms with van der Waals surface area (Å²) in [5.41, 5.74) is 2.55. The lowest BCUT2D eigenvalue weighted by atomic mass is 9.89. The number of hydrogen-bond acceptors (Lipinski definition) is 2. The van der Waals surface area contributed by atoms with E-state index in [9.17, 15) is 5.11 Å². The van der Waals surface area contributed by atoms with Gasteiger partial charge in [-0.1, -0.05) is 24.6 Å². The summed E-state index contributed by atoms with van der Waals surface area (Å²) in [7, 11) is 1.72. The topological polar surface area (TPSA) is 29.5 Å². The molecular weight excluding hydrogens is 212 g/mol. The number of aryl methyl sites for hydroxylation is 1.